The van der Waals surface area contributed by atoms with E-state index in [1.54, 1.807) is 0 Å². The molecule has 0 saturated carbocycles. The third-order valence-corrected chi connectivity index (χ3v) is 1.11. The highest BCUT2D eigenvalue weighted by molar-refractivity contribution is 5.78. The van der Waals surface area contributed by atoms with Gasteiger partial charge in [-0.15, -0.1) is 0 Å². The SMILES string of the molecule is ON=CC#Cc1ccccc1. The lowest BCUT2D eigenvalue weighted by molar-refractivity contribution is 0.322. The van der Waals surface area contributed by atoms with E-state index in [9.17, 15) is 0 Å². The summed E-state index contributed by atoms with van der Waals surface area (Å²) in [5, 5.41) is 10.8. The van der Waals surface area contributed by atoms with E-state index in [4.69, 9.17) is 5.21 Å². The van der Waals surface area contributed by atoms with Crippen LogP contribution in [-0.2, 0) is 0 Å². The van der Waals surface area contributed by atoms with Crippen LogP contribution in [0.4, 0.5) is 0 Å². The Morgan fingerprint density at radius 2 is 2.00 bits per heavy atom. The molecule has 0 aliphatic carbocycles. The van der Waals surface area contributed by atoms with E-state index in [2.05, 4.69) is 17.0 Å². The highest BCUT2D eigenvalue weighted by Crippen LogP contribution is 1.93. The van der Waals surface area contributed by atoms with Gasteiger partial charge in [-0.25, -0.2) is 0 Å². The van der Waals surface area contributed by atoms with Crippen molar-refractivity contribution < 1.29 is 5.21 Å². The van der Waals surface area contributed by atoms with Gasteiger partial charge in [-0.3, -0.25) is 0 Å². The molecule has 0 atom stereocenters. The van der Waals surface area contributed by atoms with Crippen LogP contribution in [0, 0.1) is 11.8 Å². The molecule has 0 unspecified atom stereocenters. The first kappa shape index (κ1) is 7.36. The summed E-state index contributed by atoms with van der Waals surface area (Å²) in [7, 11) is 0. The predicted octanol–water partition coefficient (Wildman–Crippen LogP) is 1.50. The Morgan fingerprint density at radius 3 is 2.64 bits per heavy atom. The summed E-state index contributed by atoms with van der Waals surface area (Å²) in [5.41, 5.74) is 0.910. The fraction of sp³-hybridized carbons (Fsp3) is 0. The number of hydrogen-bond donors (Lipinski definition) is 1. The van der Waals surface area contributed by atoms with Gasteiger partial charge in [-0.05, 0) is 18.1 Å². The van der Waals surface area contributed by atoms with Gasteiger partial charge < -0.3 is 5.21 Å². The van der Waals surface area contributed by atoms with Crippen LogP contribution in [0.3, 0.4) is 0 Å². The van der Waals surface area contributed by atoms with Crippen LogP contribution in [0.25, 0.3) is 0 Å². The molecule has 0 bridgehead atoms. The van der Waals surface area contributed by atoms with Gasteiger partial charge in [0.05, 0.1) is 0 Å². The molecule has 0 aliphatic rings. The van der Waals surface area contributed by atoms with Gasteiger partial charge in [0, 0.05) is 5.56 Å². The zero-order valence-electron chi connectivity index (χ0n) is 5.86. The molecule has 11 heavy (non-hydrogen) atoms. The van der Waals surface area contributed by atoms with Crippen molar-refractivity contribution in [1.82, 2.24) is 0 Å². The molecule has 0 spiro atoms. The quantitative estimate of drug-likeness (QED) is 0.255. The summed E-state index contributed by atoms with van der Waals surface area (Å²) < 4.78 is 0. The van der Waals surface area contributed by atoms with Crippen LogP contribution in [0.5, 0.6) is 0 Å². The summed E-state index contributed by atoms with van der Waals surface area (Å²) in [6, 6.07) is 9.50. The zero-order chi connectivity index (χ0) is 7.94. The van der Waals surface area contributed by atoms with Crippen molar-refractivity contribution in [1.29, 1.82) is 0 Å². The molecule has 0 saturated heterocycles. The molecule has 2 nitrogen and oxygen atoms in total. The molecule has 1 aromatic carbocycles. The second-order valence-electron chi connectivity index (χ2n) is 1.88. The molecule has 1 N–H and O–H groups in total. The van der Waals surface area contributed by atoms with Crippen molar-refractivity contribution in [3.05, 3.63) is 35.9 Å². The number of nitrogens with zero attached hydrogens (tertiary/aromatic N) is 1. The van der Waals surface area contributed by atoms with Crippen molar-refractivity contribution >= 4 is 6.21 Å². The summed E-state index contributed by atoms with van der Waals surface area (Å²) in [4.78, 5) is 0. The molecule has 54 valence electrons. The second-order valence-corrected chi connectivity index (χ2v) is 1.88. The van der Waals surface area contributed by atoms with Gasteiger partial charge in [0.15, 0.2) is 0 Å². The van der Waals surface area contributed by atoms with Crippen LogP contribution in [0.1, 0.15) is 5.56 Å². The van der Waals surface area contributed by atoms with E-state index in [1.165, 1.54) is 0 Å². The highest BCUT2D eigenvalue weighted by atomic mass is 16.4. The molecule has 0 amide bonds. The van der Waals surface area contributed by atoms with Crippen molar-refractivity contribution in [3.63, 3.8) is 0 Å². The van der Waals surface area contributed by atoms with Gasteiger partial charge in [0.2, 0.25) is 0 Å². The van der Waals surface area contributed by atoms with Crippen LogP contribution in [0.2, 0.25) is 0 Å². The lowest BCUT2D eigenvalue weighted by atomic mass is 10.2. The van der Waals surface area contributed by atoms with E-state index in [0.29, 0.717) is 0 Å². The van der Waals surface area contributed by atoms with Crippen molar-refractivity contribution in [2.45, 2.75) is 0 Å². The summed E-state index contributed by atoms with van der Waals surface area (Å²) >= 11 is 0. The van der Waals surface area contributed by atoms with Gasteiger partial charge in [0.1, 0.15) is 6.21 Å². The first-order chi connectivity index (χ1) is 5.43. The van der Waals surface area contributed by atoms with Crippen molar-refractivity contribution in [2.75, 3.05) is 0 Å². The molecule has 0 aliphatic heterocycles. The lowest BCUT2D eigenvalue weighted by Crippen LogP contribution is -1.71. The molecule has 0 aromatic heterocycles. The molecule has 1 rings (SSSR count). The summed E-state index contributed by atoms with van der Waals surface area (Å²) in [6.07, 6.45) is 1.15. The van der Waals surface area contributed by atoms with Gasteiger partial charge in [-0.2, -0.15) is 0 Å². The minimum Gasteiger partial charge on any atom is -0.410 e. The molecular weight excluding hydrogens is 138 g/mol. The fourth-order valence-electron chi connectivity index (χ4n) is 0.666. The van der Waals surface area contributed by atoms with Crippen LogP contribution in [-0.4, -0.2) is 11.4 Å². The summed E-state index contributed by atoms with van der Waals surface area (Å²) in [5.74, 6) is 5.35. The smallest absolute Gasteiger partial charge is 0.116 e. The average molecular weight is 145 g/mol. The lowest BCUT2D eigenvalue weighted by Gasteiger charge is -1.83. The first-order valence-electron chi connectivity index (χ1n) is 3.16. The maximum Gasteiger partial charge on any atom is 0.116 e. The molecule has 0 radical (unpaired) electrons. The van der Waals surface area contributed by atoms with E-state index in [-0.39, 0.29) is 0 Å². The van der Waals surface area contributed by atoms with Crippen molar-refractivity contribution in [2.24, 2.45) is 5.16 Å². The Bertz CT molecular complexity index is 292. The average Bonchev–Trinajstić information content (AvgIpc) is 2.07. The minimum absolute atomic E-state index is 0.910. The monoisotopic (exact) mass is 145 g/mol. The number of hydrogen-bond acceptors (Lipinski definition) is 2. The maximum atomic E-state index is 8.01. The van der Waals surface area contributed by atoms with Crippen LogP contribution >= 0.6 is 0 Å². The minimum atomic E-state index is 0.910. The molecular formula is C9H7NO. The Balaban J connectivity index is 2.74. The van der Waals surface area contributed by atoms with Gasteiger partial charge in [0.25, 0.3) is 0 Å². The normalized spacial score (nSPS) is 9.09. The molecule has 1 aromatic rings. The van der Waals surface area contributed by atoms with Crippen LogP contribution in [0.15, 0.2) is 35.5 Å². The number of oxime groups is 1. The Hall–Kier alpha value is -1.75. The Labute approximate surface area is 65.2 Å². The number of rotatable bonds is 0. The Kier molecular flexibility index (Phi) is 2.76. The van der Waals surface area contributed by atoms with Gasteiger partial charge in [-0.1, -0.05) is 29.3 Å². The topological polar surface area (TPSA) is 32.6 Å². The zero-order valence-corrected chi connectivity index (χ0v) is 5.86. The second kappa shape index (κ2) is 4.13. The first-order valence-corrected chi connectivity index (χ1v) is 3.16. The van der Waals surface area contributed by atoms with Gasteiger partial charge >= 0.3 is 0 Å². The van der Waals surface area contributed by atoms with E-state index in [0.717, 1.165) is 11.8 Å². The predicted molar refractivity (Wildman–Crippen MR) is 43.6 cm³/mol. The molecule has 0 heterocycles. The van der Waals surface area contributed by atoms with Crippen molar-refractivity contribution in [3.8, 4) is 11.8 Å². The molecule has 0 fully saturated rings. The van der Waals surface area contributed by atoms with Crippen LogP contribution < -0.4 is 0 Å². The third kappa shape index (κ3) is 2.55. The van der Waals surface area contributed by atoms with E-state index < -0.39 is 0 Å². The standard InChI is InChI=1S/C9H7NO/c11-10-8-4-7-9-5-2-1-3-6-9/h1-3,5-6,8,11H. The summed E-state index contributed by atoms with van der Waals surface area (Å²) in [6.45, 7) is 0. The maximum absolute atomic E-state index is 8.01. The Morgan fingerprint density at radius 1 is 1.27 bits per heavy atom. The van der Waals surface area contributed by atoms with E-state index >= 15 is 0 Å². The fourth-order valence-corrected chi connectivity index (χ4v) is 0.666. The highest BCUT2D eigenvalue weighted by Gasteiger charge is 1.78. The largest absolute Gasteiger partial charge is 0.410 e. The van der Waals surface area contributed by atoms with E-state index in [1.807, 2.05) is 30.3 Å². The number of benzene rings is 1. The molecule has 2 heteroatoms. The third-order valence-electron chi connectivity index (χ3n) is 1.11.